The summed E-state index contributed by atoms with van der Waals surface area (Å²) in [6.07, 6.45) is -2.96. The van der Waals surface area contributed by atoms with Crippen LogP contribution in [0.2, 0.25) is 5.02 Å². The molecule has 0 spiro atoms. The van der Waals surface area contributed by atoms with Crippen LogP contribution >= 0.6 is 23.4 Å². The van der Waals surface area contributed by atoms with Gasteiger partial charge in [-0.2, -0.15) is 13.2 Å². The summed E-state index contributed by atoms with van der Waals surface area (Å²) >= 11 is 7.38. The summed E-state index contributed by atoms with van der Waals surface area (Å²) in [5, 5.41) is 11.0. The van der Waals surface area contributed by atoms with Crippen molar-refractivity contribution in [2.45, 2.75) is 23.5 Å². The Morgan fingerprint density at radius 3 is 2.68 bits per heavy atom. The molecule has 0 aliphatic rings. The van der Waals surface area contributed by atoms with E-state index in [9.17, 15) is 18.0 Å². The molecule has 1 atom stereocenters. The molecule has 3 aromatic rings. The van der Waals surface area contributed by atoms with E-state index in [4.69, 9.17) is 11.6 Å². The number of halogens is 4. The number of nitrogens with one attached hydrogen (secondary N) is 1. The number of aromatic nitrogens is 3. The Balaban J connectivity index is 2.10. The molecule has 2 aromatic carbocycles. The Kier molecular flexibility index (Phi) is 7.07. The number of amides is 1. The first-order valence-corrected chi connectivity index (χ1v) is 10.4. The Labute approximate surface area is 186 Å². The molecule has 1 unspecified atom stereocenters. The van der Waals surface area contributed by atoms with Gasteiger partial charge >= 0.3 is 6.18 Å². The number of benzene rings is 2. The average molecular weight is 467 g/mol. The predicted octanol–water partition coefficient (Wildman–Crippen LogP) is 5.39. The zero-order valence-electron chi connectivity index (χ0n) is 16.4. The molecule has 0 radical (unpaired) electrons. The number of thioether (sulfide) groups is 1. The number of alkyl halides is 3. The topological polar surface area (TPSA) is 59.8 Å². The van der Waals surface area contributed by atoms with Crippen molar-refractivity contribution in [2.24, 2.45) is 0 Å². The Hall–Kier alpha value is -2.78. The maximum absolute atomic E-state index is 13.3. The normalized spacial score (nSPS) is 12.4. The van der Waals surface area contributed by atoms with Crippen molar-refractivity contribution in [3.63, 3.8) is 0 Å². The third kappa shape index (κ3) is 5.29. The van der Waals surface area contributed by atoms with Gasteiger partial charge in [0.2, 0.25) is 5.91 Å². The van der Waals surface area contributed by atoms with E-state index >= 15 is 0 Å². The summed E-state index contributed by atoms with van der Waals surface area (Å²) < 4.78 is 41.4. The lowest BCUT2D eigenvalue weighted by Gasteiger charge is -2.15. The Morgan fingerprint density at radius 1 is 1.26 bits per heavy atom. The molecule has 1 aromatic heterocycles. The van der Waals surface area contributed by atoms with Gasteiger partial charge < -0.3 is 5.32 Å². The average Bonchev–Trinajstić information content (AvgIpc) is 3.15. The van der Waals surface area contributed by atoms with Crippen LogP contribution in [0.5, 0.6) is 0 Å². The van der Waals surface area contributed by atoms with E-state index in [0.717, 1.165) is 23.9 Å². The highest BCUT2D eigenvalue weighted by molar-refractivity contribution is 8.00. The standard InChI is InChI=1S/C21H18ClF3N4OS/c1-3-11-26-19(30)13(2)31-20-28-27-18(16-9-4-5-10-17(16)22)29(20)15-8-6-7-14(12-15)21(23,24)25/h3-10,12-13H,1,11H2,2H3,(H,26,30). The maximum atomic E-state index is 13.3. The molecule has 1 heterocycles. The molecule has 5 nitrogen and oxygen atoms in total. The molecule has 31 heavy (non-hydrogen) atoms. The van der Waals surface area contributed by atoms with E-state index in [1.165, 1.54) is 16.7 Å². The van der Waals surface area contributed by atoms with Gasteiger partial charge in [-0.05, 0) is 37.3 Å². The van der Waals surface area contributed by atoms with Crippen molar-refractivity contribution in [1.82, 2.24) is 20.1 Å². The second-order valence-corrected chi connectivity index (χ2v) is 8.18. The smallest absolute Gasteiger partial charge is 0.352 e. The number of hydrogen-bond acceptors (Lipinski definition) is 4. The highest BCUT2D eigenvalue weighted by Gasteiger charge is 2.31. The Bertz CT molecular complexity index is 1100. The first kappa shape index (κ1) is 22.9. The lowest BCUT2D eigenvalue weighted by atomic mass is 10.1. The van der Waals surface area contributed by atoms with Crippen LogP contribution in [0, 0.1) is 0 Å². The molecular formula is C21H18ClF3N4OS. The van der Waals surface area contributed by atoms with E-state index in [1.54, 1.807) is 37.3 Å². The van der Waals surface area contributed by atoms with Gasteiger partial charge in [0.05, 0.1) is 21.5 Å². The summed E-state index contributed by atoms with van der Waals surface area (Å²) in [5.74, 6) is 0.00825. The van der Waals surface area contributed by atoms with Gasteiger partial charge in [-0.25, -0.2) is 0 Å². The van der Waals surface area contributed by atoms with Crippen LogP contribution < -0.4 is 5.32 Å². The molecule has 0 saturated heterocycles. The monoisotopic (exact) mass is 466 g/mol. The summed E-state index contributed by atoms with van der Waals surface area (Å²) in [7, 11) is 0. The van der Waals surface area contributed by atoms with Crippen LogP contribution in [-0.4, -0.2) is 32.5 Å². The van der Waals surface area contributed by atoms with Crippen molar-refractivity contribution < 1.29 is 18.0 Å². The molecule has 162 valence electrons. The van der Waals surface area contributed by atoms with Crippen LogP contribution in [0.1, 0.15) is 12.5 Å². The molecule has 1 N–H and O–H groups in total. The number of carbonyl (C=O) groups excluding carboxylic acids is 1. The molecule has 3 rings (SSSR count). The highest BCUT2D eigenvalue weighted by Crippen LogP contribution is 2.35. The summed E-state index contributed by atoms with van der Waals surface area (Å²) in [4.78, 5) is 12.3. The van der Waals surface area contributed by atoms with Gasteiger partial charge in [-0.1, -0.05) is 47.6 Å². The molecule has 1 amide bonds. The van der Waals surface area contributed by atoms with Crippen LogP contribution in [-0.2, 0) is 11.0 Å². The van der Waals surface area contributed by atoms with Crippen molar-refractivity contribution in [1.29, 1.82) is 0 Å². The largest absolute Gasteiger partial charge is 0.416 e. The zero-order chi connectivity index (χ0) is 22.6. The fourth-order valence-corrected chi connectivity index (χ4v) is 3.86. The fraction of sp³-hybridized carbons (Fsp3) is 0.190. The SMILES string of the molecule is C=CCNC(=O)C(C)Sc1nnc(-c2ccccc2Cl)n1-c1cccc(C(F)(F)F)c1. The summed E-state index contributed by atoms with van der Waals surface area (Å²) in [5.41, 5.74) is -0.0998. The van der Waals surface area contributed by atoms with Crippen LogP contribution in [0.15, 0.2) is 66.3 Å². The molecular weight excluding hydrogens is 449 g/mol. The van der Waals surface area contributed by atoms with E-state index in [2.05, 4.69) is 22.1 Å². The lowest BCUT2D eigenvalue weighted by Crippen LogP contribution is -2.31. The lowest BCUT2D eigenvalue weighted by molar-refractivity contribution is -0.137. The molecule has 0 aliphatic heterocycles. The number of hydrogen-bond donors (Lipinski definition) is 1. The fourth-order valence-electron chi connectivity index (χ4n) is 2.75. The maximum Gasteiger partial charge on any atom is 0.416 e. The minimum Gasteiger partial charge on any atom is -0.352 e. The second kappa shape index (κ2) is 9.57. The second-order valence-electron chi connectivity index (χ2n) is 6.46. The predicted molar refractivity (Wildman–Crippen MR) is 115 cm³/mol. The van der Waals surface area contributed by atoms with Gasteiger partial charge in [0.25, 0.3) is 0 Å². The van der Waals surface area contributed by atoms with Crippen molar-refractivity contribution in [3.05, 3.63) is 71.8 Å². The first-order chi connectivity index (χ1) is 14.7. The molecule has 0 fully saturated rings. The highest BCUT2D eigenvalue weighted by atomic mass is 35.5. The van der Waals surface area contributed by atoms with E-state index < -0.39 is 17.0 Å². The minimum absolute atomic E-state index is 0.205. The van der Waals surface area contributed by atoms with Gasteiger partial charge in [0.1, 0.15) is 0 Å². The van der Waals surface area contributed by atoms with Gasteiger partial charge in [-0.15, -0.1) is 16.8 Å². The third-order valence-electron chi connectivity index (χ3n) is 4.25. The van der Waals surface area contributed by atoms with Gasteiger partial charge in [0, 0.05) is 12.1 Å². The number of carbonyl (C=O) groups is 1. The van der Waals surface area contributed by atoms with Crippen molar-refractivity contribution in [2.75, 3.05) is 6.54 Å². The van der Waals surface area contributed by atoms with E-state index in [-0.39, 0.29) is 22.6 Å². The molecule has 0 saturated carbocycles. The van der Waals surface area contributed by atoms with Gasteiger partial charge in [-0.3, -0.25) is 9.36 Å². The van der Waals surface area contributed by atoms with E-state index in [1.807, 2.05) is 0 Å². The molecule has 10 heteroatoms. The van der Waals surface area contributed by atoms with Crippen LogP contribution in [0.3, 0.4) is 0 Å². The Morgan fingerprint density at radius 2 is 2.00 bits per heavy atom. The molecule has 0 aliphatic carbocycles. The van der Waals surface area contributed by atoms with Crippen molar-refractivity contribution >= 4 is 29.3 Å². The third-order valence-corrected chi connectivity index (χ3v) is 5.62. The minimum atomic E-state index is -4.51. The van der Waals surface area contributed by atoms with Crippen molar-refractivity contribution in [3.8, 4) is 17.1 Å². The van der Waals surface area contributed by atoms with Crippen LogP contribution in [0.25, 0.3) is 17.1 Å². The molecule has 0 bridgehead atoms. The quantitative estimate of drug-likeness (QED) is 0.374. The first-order valence-electron chi connectivity index (χ1n) is 9.15. The summed E-state index contributed by atoms with van der Waals surface area (Å²) in [6, 6.07) is 11.7. The number of rotatable bonds is 7. The van der Waals surface area contributed by atoms with E-state index in [0.29, 0.717) is 17.1 Å². The number of nitrogens with zero attached hydrogens (tertiary/aromatic N) is 3. The summed E-state index contributed by atoms with van der Waals surface area (Å²) in [6.45, 7) is 5.52. The zero-order valence-corrected chi connectivity index (χ0v) is 17.9. The van der Waals surface area contributed by atoms with Gasteiger partial charge in [0.15, 0.2) is 11.0 Å². The van der Waals surface area contributed by atoms with Crippen LogP contribution in [0.4, 0.5) is 13.2 Å².